The quantitative estimate of drug-likeness (QED) is 0.641. The van der Waals surface area contributed by atoms with Gasteiger partial charge >= 0.3 is 0 Å². The van der Waals surface area contributed by atoms with E-state index in [-0.39, 0.29) is 0 Å². The molecular formula is C12H16ClN3S2. The smallest absolute Gasteiger partial charge is 0.225 e. The Bertz CT molecular complexity index is 527. The predicted octanol–water partition coefficient (Wildman–Crippen LogP) is 4.21. The maximum Gasteiger partial charge on any atom is 0.225 e. The van der Waals surface area contributed by atoms with Crippen LogP contribution in [0.25, 0.3) is 10.2 Å². The summed E-state index contributed by atoms with van der Waals surface area (Å²) in [6.45, 7) is 3.00. The molecule has 2 rings (SSSR count). The van der Waals surface area contributed by atoms with Crippen LogP contribution in [0.4, 0.5) is 5.82 Å². The molecule has 2 aromatic heterocycles. The highest BCUT2D eigenvalue weighted by atomic mass is 35.5. The largest absolute Gasteiger partial charge is 0.369 e. The Morgan fingerprint density at radius 1 is 1.39 bits per heavy atom. The first-order valence-electron chi connectivity index (χ1n) is 5.87. The van der Waals surface area contributed by atoms with Crippen molar-refractivity contribution in [2.45, 2.75) is 19.8 Å². The van der Waals surface area contributed by atoms with E-state index in [4.69, 9.17) is 11.6 Å². The minimum Gasteiger partial charge on any atom is -0.369 e. The zero-order valence-corrected chi connectivity index (χ0v) is 12.9. The zero-order valence-electron chi connectivity index (χ0n) is 10.5. The van der Waals surface area contributed by atoms with Crippen molar-refractivity contribution < 1.29 is 0 Å². The molecule has 0 aliphatic carbocycles. The van der Waals surface area contributed by atoms with Crippen LogP contribution >= 0.6 is 34.7 Å². The van der Waals surface area contributed by atoms with E-state index in [0.717, 1.165) is 29.0 Å². The summed E-state index contributed by atoms with van der Waals surface area (Å²) in [6.07, 6.45) is 4.50. The van der Waals surface area contributed by atoms with Gasteiger partial charge in [0, 0.05) is 11.4 Å². The first kappa shape index (κ1) is 13.9. The monoisotopic (exact) mass is 301 g/mol. The van der Waals surface area contributed by atoms with E-state index in [2.05, 4.69) is 34.5 Å². The van der Waals surface area contributed by atoms with Crippen LogP contribution in [0.1, 0.15) is 17.7 Å². The second-order valence-electron chi connectivity index (χ2n) is 4.04. The maximum atomic E-state index is 5.94. The van der Waals surface area contributed by atoms with Crippen LogP contribution in [0.15, 0.2) is 6.07 Å². The number of unbranched alkanes of at least 4 members (excludes halogenated alkanes) is 1. The fourth-order valence-electron chi connectivity index (χ4n) is 1.73. The number of aryl methyl sites for hydroxylation is 1. The predicted molar refractivity (Wildman–Crippen MR) is 83.3 cm³/mol. The fraction of sp³-hybridized carbons (Fsp3) is 0.500. The molecule has 0 radical (unpaired) electrons. The van der Waals surface area contributed by atoms with Crippen LogP contribution in [0.5, 0.6) is 0 Å². The molecule has 1 N–H and O–H groups in total. The van der Waals surface area contributed by atoms with Crippen molar-refractivity contribution in [2.75, 3.05) is 23.9 Å². The van der Waals surface area contributed by atoms with Crippen LogP contribution in [-0.4, -0.2) is 28.5 Å². The van der Waals surface area contributed by atoms with E-state index in [9.17, 15) is 0 Å². The van der Waals surface area contributed by atoms with Gasteiger partial charge in [0.1, 0.15) is 10.6 Å². The van der Waals surface area contributed by atoms with Gasteiger partial charge in [-0.25, -0.2) is 9.97 Å². The molecule has 0 saturated heterocycles. The number of aromatic nitrogens is 2. The molecule has 2 heterocycles. The van der Waals surface area contributed by atoms with Crippen LogP contribution < -0.4 is 5.32 Å². The molecule has 0 aliphatic heterocycles. The van der Waals surface area contributed by atoms with Crippen molar-refractivity contribution in [2.24, 2.45) is 0 Å². The number of halogens is 1. The van der Waals surface area contributed by atoms with Gasteiger partial charge in [-0.1, -0.05) is 0 Å². The third-order valence-electron chi connectivity index (χ3n) is 2.56. The molecular weight excluding hydrogens is 286 g/mol. The summed E-state index contributed by atoms with van der Waals surface area (Å²) in [6, 6.07) is 2.11. The fourth-order valence-corrected chi connectivity index (χ4v) is 3.32. The van der Waals surface area contributed by atoms with E-state index in [1.54, 1.807) is 11.3 Å². The number of nitrogens with zero attached hydrogens (tertiary/aromatic N) is 2. The van der Waals surface area contributed by atoms with Crippen molar-refractivity contribution in [1.82, 2.24) is 9.97 Å². The van der Waals surface area contributed by atoms with Gasteiger partial charge in [0.25, 0.3) is 0 Å². The van der Waals surface area contributed by atoms with Crippen molar-refractivity contribution in [1.29, 1.82) is 0 Å². The Hall–Kier alpha value is -0.520. The minimum absolute atomic E-state index is 0.316. The first-order chi connectivity index (χ1) is 8.70. The Kier molecular flexibility index (Phi) is 5.09. The molecule has 0 amide bonds. The summed E-state index contributed by atoms with van der Waals surface area (Å²) in [7, 11) is 0. The third kappa shape index (κ3) is 3.49. The molecule has 6 heteroatoms. The average molecular weight is 302 g/mol. The summed E-state index contributed by atoms with van der Waals surface area (Å²) < 4.78 is 0. The summed E-state index contributed by atoms with van der Waals surface area (Å²) >= 11 is 9.47. The number of anilines is 1. The van der Waals surface area contributed by atoms with Crippen molar-refractivity contribution in [3.63, 3.8) is 0 Å². The van der Waals surface area contributed by atoms with Gasteiger partial charge < -0.3 is 5.32 Å². The van der Waals surface area contributed by atoms with Gasteiger partial charge in [0.05, 0.1) is 5.39 Å². The SMILES string of the molecule is CSCCCCNc1nc(Cl)nc2sc(C)cc12. The second kappa shape index (κ2) is 6.59. The highest BCUT2D eigenvalue weighted by Gasteiger charge is 2.08. The number of fused-ring (bicyclic) bond motifs is 1. The third-order valence-corrected chi connectivity index (χ3v) is 4.37. The van der Waals surface area contributed by atoms with Crippen LogP contribution in [0.2, 0.25) is 5.28 Å². The molecule has 3 nitrogen and oxygen atoms in total. The summed E-state index contributed by atoms with van der Waals surface area (Å²) in [5.41, 5.74) is 0. The maximum absolute atomic E-state index is 5.94. The van der Waals surface area contributed by atoms with E-state index < -0.39 is 0 Å². The molecule has 0 unspecified atom stereocenters. The normalized spacial score (nSPS) is 11.1. The van der Waals surface area contributed by atoms with Gasteiger partial charge in [-0.15, -0.1) is 11.3 Å². The van der Waals surface area contributed by atoms with Gasteiger partial charge in [-0.3, -0.25) is 0 Å². The summed E-state index contributed by atoms with van der Waals surface area (Å²) in [4.78, 5) is 10.7. The number of rotatable bonds is 6. The molecule has 0 saturated carbocycles. The lowest BCUT2D eigenvalue weighted by Crippen LogP contribution is -2.04. The van der Waals surface area contributed by atoms with E-state index in [1.807, 2.05) is 11.8 Å². The Morgan fingerprint density at radius 2 is 2.22 bits per heavy atom. The Labute approximate surface area is 120 Å². The lowest BCUT2D eigenvalue weighted by molar-refractivity contribution is 0.840. The van der Waals surface area contributed by atoms with Crippen LogP contribution in [0.3, 0.4) is 0 Å². The Balaban J connectivity index is 2.07. The summed E-state index contributed by atoms with van der Waals surface area (Å²) in [5.74, 6) is 2.07. The topological polar surface area (TPSA) is 37.8 Å². The Morgan fingerprint density at radius 3 is 3.00 bits per heavy atom. The highest BCUT2D eigenvalue weighted by Crippen LogP contribution is 2.29. The van der Waals surface area contributed by atoms with E-state index in [0.29, 0.717) is 5.28 Å². The lowest BCUT2D eigenvalue weighted by atomic mass is 10.3. The average Bonchev–Trinajstić information content (AvgIpc) is 2.69. The highest BCUT2D eigenvalue weighted by molar-refractivity contribution is 7.98. The molecule has 0 atom stereocenters. The van der Waals surface area contributed by atoms with E-state index >= 15 is 0 Å². The number of hydrogen-bond acceptors (Lipinski definition) is 5. The molecule has 0 aliphatic rings. The van der Waals surface area contributed by atoms with Gasteiger partial charge in [-0.05, 0) is 49.4 Å². The minimum atomic E-state index is 0.316. The molecule has 2 aromatic rings. The number of hydrogen-bond donors (Lipinski definition) is 1. The first-order valence-corrected chi connectivity index (χ1v) is 8.46. The van der Waals surface area contributed by atoms with Crippen LogP contribution in [-0.2, 0) is 0 Å². The van der Waals surface area contributed by atoms with Gasteiger partial charge in [-0.2, -0.15) is 11.8 Å². The number of thiophene rings is 1. The molecule has 18 heavy (non-hydrogen) atoms. The number of thioether (sulfide) groups is 1. The zero-order chi connectivity index (χ0) is 13.0. The van der Waals surface area contributed by atoms with Gasteiger partial charge in [0.2, 0.25) is 5.28 Å². The van der Waals surface area contributed by atoms with Crippen molar-refractivity contribution in [3.05, 3.63) is 16.2 Å². The van der Waals surface area contributed by atoms with Crippen molar-refractivity contribution >= 4 is 50.7 Å². The molecule has 0 aromatic carbocycles. The van der Waals surface area contributed by atoms with E-state index in [1.165, 1.54) is 17.1 Å². The molecule has 0 fully saturated rings. The van der Waals surface area contributed by atoms with Gasteiger partial charge in [0.15, 0.2) is 0 Å². The van der Waals surface area contributed by atoms with Crippen molar-refractivity contribution in [3.8, 4) is 0 Å². The second-order valence-corrected chi connectivity index (χ2v) is 6.60. The summed E-state index contributed by atoms with van der Waals surface area (Å²) in [5, 5.41) is 4.75. The molecule has 0 bridgehead atoms. The lowest BCUT2D eigenvalue weighted by Gasteiger charge is -2.06. The molecule has 98 valence electrons. The van der Waals surface area contributed by atoms with Crippen LogP contribution in [0, 0.1) is 6.92 Å². The molecule has 0 spiro atoms. The standard InChI is InChI=1S/C12H16ClN3S2/c1-8-7-9-10(14-5-3-4-6-17-2)15-12(13)16-11(9)18-8/h7H,3-6H2,1-2H3,(H,14,15,16). The number of nitrogens with one attached hydrogen (secondary N) is 1.